The van der Waals surface area contributed by atoms with Crippen molar-refractivity contribution in [1.29, 1.82) is 0 Å². The van der Waals surface area contributed by atoms with E-state index in [1.165, 1.54) is 10.1 Å². The SMILES string of the molecule is O=C1OC(c2cc3ccccc3s2)c2ccccc21. The van der Waals surface area contributed by atoms with Gasteiger partial charge in [-0.05, 0) is 23.6 Å². The number of carbonyl (C=O) groups is 1. The molecule has 1 unspecified atom stereocenters. The Hall–Kier alpha value is -2.13. The Morgan fingerprint density at radius 2 is 1.79 bits per heavy atom. The predicted octanol–water partition coefficient (Wildman–Crippen LogP) is 4.16. The van der Waals surface area contributed by atoms with Crippen LogP contribution in [-0.4, -0.2) is 5.97 Å². The van der Waals surface area contributed by atoms with Crippen molar-refractivity contribution in [2.45, 2.75) is 6.10 Å². The van der Waals surface area contributed by atoms with E-state index >= 15 is 0 Å². The zero-order valence-electron chi connectivity index (χ0n) is 10.00. The molecule has 3 aromatic rings. The number of benzene rings is 2. The van der Waals surface area contributed by atoms with Crippen molar-refractivity contribution < 1.29 is 9.53 Å². The first-order valence-electron chi connectivity index (χ1n) is 6.11. The Bertz CT molecular complexity index is 755. The van der Waals surface area contributed by atoms with E-state index in [1.807, 2.05) is 36.4 Å². The lowest BCUT2D eigenvalue weighted by atomic mass is 10.0. The number of hydrogen-bond acceptors (Lipinski definition) is 3. The summed E-state index contributed by atoms with van der Waals surface area (Å²) in [4.78, 5) is 12.9. The van der Waals surface area contributed by atoms with Gasteiger partial charge < -0.3 is 4.74 Å². The molecule has 0 radical (unpaired) electrons. The summed E-state index contributed by atoms with van der Waals surface area (Å²) in [5, 5.41) is 1.20. The number of carbonyl (C=O) groups excluding carboxylic acids is 1. The highest BCUT2D eigenvalue weighted by atomic mass is 32.1. The molecule has 92 valence electrons. The third kappa shape index (κ3) is 1.59. The molecule has 0 aliphatic carbocycles. The Labute approximate surface area is 114 Å². The van der Waals surface area contributed by atoms with Gasteiger partial charge in [0.25, 0.3) is 0 Å². The second kappa shape index (κ2) is 3.93. The lowest BCUT2D eigenvalue weighted by Gasteiger charge is -2.07. The summed E-state index contributed by atoms with van der Waals surface area (Å²) in [7, 11) is 0. The van der Waals surface area contributed by atoms with E-state index < -0.39 is 0 Å². The number of rotatable bonds is 1. The first-order valence-corrected chi connectivity index (χ1v) is 6.93. The minimum Gasteiger partial charge on any atom is -0.448 e. The maximum Gasteiger partial charge on any atom is 0.339 e. The maximum atomic E-state index is 11.8. The van der Waals surface area contributed by atoms with Crippen LogP contribution in [0.4, 0.5) is 0 Å². The molecule has 19 heavy (non-hydrogen) atoms. The molecule has 0 saturated carbocycles. The van der Waals surface area contributed by atoms with Crippen molar-refractivity contribution in [3.05, 3.63) is 70.6 Å². The molecule has 2 aromatic carbocycles. The topological polar surface area (TPSA) is 26.3 Å². The summed E-state index contributed by atoms with van der Waals surface area (Å²) < 4.78 is 6.74. The Morgan fingerprint density at radius 3 is 2.68 bits per heavy atom. The first kappa shape index (κ1) is 10.8. The van der Waals surface area contributed by atoms with Gasteiger partial charge in [0.1, 0.15) is 0 Å². The maximum absolute atomic E-state index is 11.8. The second-order valence-corrected chi connectivity index (χ2v) is 5.67. The van der Waals surface area contributed by atoms with Crippen LogP contribution < -0.4 is 0 Å². The molecule has 1 aliphatic rings. The molecule has 0 amide bonds. The number of esters is 1. The fourth-order valence-electron chi connectivity index (χ4n) is 2.49. The number of fused-ring (bicyclic) bond motifs is 2. The van der Waals surface area contributed by atoms with Gasteiger partial charge in [0, 0.05) is 10.3 Å². The van der Waals surface area contributed by atoms with E-state index in [-0.39, 0.29) is 12.1 Å². The van der Waals surface area contributed by atoms with Crippen molar-refractivity contribution in [2.75, 3.05) is 0 Å². The average Bonchev–Trinajstić information content (AvgIpc) is 3.01. The predicted molar refractivity (Wildman–Crippen MR) is 75.5 cm³/mol. The molecule has 0 spiro atoms. The average molecular weight is 266 g/mol. The van der Waals surface area contributed by atoms with Gasteiger partial charge in [0.2, 0.25) is 0 Å². The summed E-state index contributed by atoms with van der Waals surface area (Å²) in [5.41, 5.74) is 1.66. The van der Waals surface area contributed by atoms with Crippen LogP contribution in [0.5, 0.6) is 0 Å². The molecular formula is C16H10O2S. The summed E-state index contributed by atoms with van der Waals surface area (Å²) >= 11 is 1.68. The van der Waals surface area contributed by atoms with E-state index in [0.717, 1.165) is 10.4 Å². The number of cyclic esters (lactones) is 1. The van der Waals surface area contributed by atoms with Crippen LogP contribution >= 0.6 is 11.3 Å². The molecule has 1 atom stereocenters. The minimum atomic E-state index is -0.249. The van der Waals surface area contributed by atoms with Crippen LogP contribution in [0.15, 0.2) is 54.6 Å². The van der Waals surface area contributed by atoms with Crippen molar-refractivity contribution in [3.63, 3.8) is 0 Å². The van der Waals surface area contributed by atoms with Crippen LogP contribution in [0.25, 0.3) is 10.1 Å². The molecule has 4 rings (SSSR count). The molecule has 0 N–H and O–H groups in total. The van der Waals surface area contributed by atoms with Gasteiger partial charge in [0.05, 0.1) is 10.4 Å². The van der Waals surface area contributed by atoms with Crippen LogP contribution in [0, 0.1) is 0 Å². The van der Waals surface area contributed by atoms with Crippen molar-refractivity contribution in [2.24, 2.45) is 0 Å². The van der Waals surface area contributed by atoms with Crippen molar-refractivity contribution in [3.8, 4) is 0 Å². The van der Waals surface area contributed by atoms with Crippen LogP contribution in [0.2, 0.25) is 0 Å². The first-order chi connectivity index (χ1) is 9.33. The molecule has 2 nitrogen and oxygen atoms in total. The highest BCUT2D eigenvalue weighted by Crippen LogP contribution is 2.40. The van der Waals surface area contributed by atoms with Gasteiger partial charge in [-0.2, -0.15) is 0 Å². The van der Waals surface area contributed by atoms with Crippen LogP contribution in [0.1, 0.15) is 26.9 Å². The Kier molecular flexibility index (Phi) is 2.23. The fraction of sp³-hybridized carbons (Fsp3) is 0.0625. The number of hydrogen-bond donors (Lipinski definition) is 0. The van der Waals surface area contributed by atoms with Gasteiger partial charge >= 0.3 is 5.97 Å². The highest BCUT2D eigenvalue weighted by Gasteiger charge is 2.32. The van der Waals surface area contributed by atoms with Crippen LogP contribution in [0.3, 0.4) is 0 Å². The normalized spacial score (nSPS) is 17.5. The number of thiophene rings is 1. The smallest absolute Gasteiger partial charge is 0.339 e. The monoisotopic (exact) mass is 266 g/mol. The molecule has 0 bridgehead atoms. The summed E-state index contributed by atoms with van der Waals surface area (Å²) in [6.07, 6.45) is -0.249. The molecule has 0 fully saturated rings. The standard InChI is InChI=1S/C16H10O2S/c17-16-12-7-3-2-6-11(12)15(18-16)14-9-10-5-1-4-8-13(10)19-14/h1-9,15H. The number of ether oxygens (including phenoxy) is 1. The van der Waals surface area contributed by atoms with Crippen LogP contribution in [-0.2, 0) is 4.74 Å². The molecule has 1 aromatic heterocycles. The Balaban J connectivity index is 1.88. The zero-order chi connectivity index (χ0) is 12.8. The second-order valence-electron chi connectivity index (χ2n) is 4.56. The minimum absolute atomic E-state index is 0.224. The zero-order valence-corrected chi connectivity index (χ0v) is 10.8. The van der Waals surface area contributed by atoms with E-state index in [4.69, 9.17) is 4.74 Å². The van der Waals surface area contributed by atoms with Gasteiger partial charge in [-0.25, -0.2) is 4.79 Å². The van der Waals surface area contributed by atoms with Gasteiger partial charge in [-0.3, -0.25) is 0 Å². The molecule has 0 saturated heterocycles. The summed E-state index contributed by atoms with van der Waals surface area (Å²) in [6, 6.07) is 17.9. The quantitative estimate of drug-likeness (QED) is 0.618. The third-order valence-electron chi connectivity index (χ3n) is 3.39. The van der Waals surface area contributed by atoms with Crippen molar-refractivity contribution in [1.82, 2.24) is 0 Å². The molecular weight excluding hydrogens is 256 g/mol. The summed E-state index contributed by atoms with van der Waals surface area (Å²) in [6.45, 7) is 0. The van der Waals surface area contributed by atoms with Gasteiger partial charge in [-0.15, -0.1) is 11.3 Å². The third-order valence-corrected chi connectivity index (χ3v) is 4.55. The van der Waals surface area contributed by atoms with Gasteiger partial charge in [0.15, 0.2) is 6.10 Å². The van der Waals surface area contributed by atoms with E-state index in [1.54, 1.807) is 11.3 Å². The highest BCUT2D eigenvalue weighted by molar-refractivity contribution is 7.19. The molecule has 3 heteroatoms. The van der Waals surface area contributed by atoms with Gasteiger partial charge in [-0.1, -0.05) is 36.4 Å². The molecule has 2 heterocycles. The largest absolute Gasteiger partial charge is 0.448 e. The summed E-state index contributed by atoms with van der Waals surface area (Å²) in [5.74, 6) is -0.224. The fourth-order valence-corrected chi connectivity index (χ4v) is 3.60. The van der Waals surface area contributed by atoms with E-state index in [0.29, 0.717) is 5.56 Å². The van der Waals surface area contributed by atoms with Crippen molar-refractivity contribution >= 4 is 27.4 Å². The lowest BCUT2D eigenvalue weighted by molar-refractivity contribution is 0.0461. The van der Waals surface area contributed by atoms with E-state index in [9.17, 15) is 4.79 Å². The Morgan fingerprint density at radius 1 is 1.00 bits per heavy atom. The van der Waals surface area contributed by atoms with E-state index in [2.05, 4.69) is 18.2 Å². The molecule has 1 aliphatic heterocycles. The lowest BCUT2D eigenvalue weighted by Crippen LogP contribution is -1.97.